The molecule has 0 bridgehead atoms. The van der Waals surface area contributed by atoms with Gasteiger partial charge in [-0.3, -0.25) is 0 Å². The molecule has 0 aliphatic rings. The zero-order chi connectivity index (χ0) is 23.8. The summed E-state index contributed by atoms with van der Waals surface area (Å²) in [5.74, 6) is 2.06. The van der Waals surface area contributed by atoms with Crippen LogP contribution in [-0.4, -0.2) is 37.8 Å². The van der Waals surface area contributed by atoms with Gasteiger partial charge in [0.05, 0.1) is 17.7 Å². The number of thioether (sulfide) groups is 1. The molecule has 0 aliphatic carbocycles. The lowest BCUT2D eigenvalue weighted by atomic mass is 10.1. The smallest absolute Gasteiger partial charge is 0.238 e. The van der Waals surface area contributed by atoms with Crippen LogP contribution in [-0.2, 0) is 16.4 Å². The van der Waals surface area contributed by atoms with E-state index in [4.69, 9.17) is 9.88 Å². The number of hydrogen-bond donors (Lipinski definition) is 2. The van der Waals surface area contributed by atoms with Crippen molar-refractivity contribution in [2.75, 3.05) is 24.7 Å². The van der Waals surface area contributed by atoms with Gasteiger partial charge >= 0.3 is 0 Å². The van der Waals surface area contributed by atoms with E-state index in [9.17, 15) is 13.7 Å². The van der Waals surface area contributed by atoms with Gasteiger partial charge in [-0.25, -0.2) is 23.5 Å². The molecule has 0 saturated carbocycles. The standard InChI is InChI=1S/C23H25N5O3S2/c1-3-14-32-23-27-21(17-6-8-18(31-2)9-7-17)20(15-24)22(28-23)26-13-12-16-4-10-19(11-5-16)33(25,29)30/h4-11H,3,12-14H2,1-2H3,(H2,25,29,30)(H,26,27,28). The van der Waals surface area contributed by atoms with Crippen molar-refractivity contribution in [2.24, 2.45) is 5.14 Å². The highest BCUT2D eigenvalue weighted by atomic mass is 32.2. The molecule has 2 aromatic carbocycles. The molecule has 33 heavy (non-hydrogen) atoms. The highest BCUT2D eigenvalue weighted by molar-refractivity contribution is 7.99. The number of rotatable bonds is 10. The highest BCUT2D eigenvalue weighted by Gasteiger charge is 2.16. The van der Waals surface area contributed by atoms with E-state index in [1.165, 1.54) is 23.9 Å². The van der Waals surface area contributed by atoms with Gasteiger partial charge in [0.2, 0.25) is 10.0 Å². The number of aromatic nitrogens is 2. The van der Waals surface area contributed by atoms with Gasteiger partial charge in [-0.1, -0.05) is 30.8 Å². The molecule has 1 aromatic heterocycles. The second kappa shape index (κ2) is 11.1. The van der Waals surface area contributed by atoms with Crippen molar-refractivity contribution < 1.29 is 13.2 Å². The maximum atomic E-state index is 11.4. The van der Waals surface area contributed by atoms with Gasteiger partial charge in [0, 0.05) is 17.9 Å². The normalized spacial score (nSPS) is 11.1. The Labute approximate surface area is 198 Å². The average Bonchev–Trinajstić information content (AvgIpc) is 2.82. The molecule has 0 spiro atoms. The minimum atomic E-state index is -3.72. The minimum Gasteiger partial charge on any atom is -0.497 e. The van der Waals surface area contributed by atoms with Crippen LogP contribution in [0, 0.1) is 11.3 Å². The molecule has 3 aromatic rings. The van der Waals surface area contributed by atoms with Crippen molar-refractivity contribution in [1.29, 1.82) is 5.26 Å². The first kappa shape index (κ1) is 24.5. The molecule has 0 radical (unpaired) electrons. The molecular formula is C23H25N5O3S2. The van der Waals surface area contributed by atoms with E-state index >= 15 is 0 Å². The maximum absolute atomic E-state index is 11.4. The predicted octanol–water partition coefficient (Wildman–Crippen LogP) is 3.83. The zero-order valence-corrected chi connectivity index (χ0v) is 20.0. The second-order valence-electron chi connectivity index (χ2n) is 7.13. The first-order chi connectivity index (χ1) is 15.9. The summed E-state index contributed by atoms with van der Waals surface area (Å²) in [4.78, 5) is 9.30. The van der Waals surface area contributed by atoms with Crippen molar-refractivity contribution in [2.45, 2.75) is 29.8 Å². The van der Waals surface area contributed by atoms with Gasteiger partial charge in [0.25, 0.3) is 0 Å². The lowest BCUT2D eigenvalue weighted by molar-refractivity contribution is 0.415. The zero-order valence-electron chi connectivity index (χ0n) is 18.4. The van der Waals surface area contributed by atoms with E-state index in [-0.39, 0.29) is 4.90 Å². The Morgan fingerprint density at radius 1 is 1.12 bits per heavy atom. The number of benzene rings is 2. The van der Waals surface area contributed by atoms with E-state index < -0.39 is 10.0 Å². The number of nitrogens with one attached hydrogen (secondary N) is 1. The summed E-state index contributed by atoms with van der Waals surface area (Å²) in [6.45, 7) is 2.59. The van der Waals surface area contributed by atoms with Crippen molar-refractivity contribution in [3.63, 3.8) is 0 Å². The summed E-state index contributed by atoms with van der Waals surface area (Å²) >= 11 is 1.54. The number of sulfonamides is 1. The molecular weight excluding hydrogens is 458 g/mol. The number of nitriles is 1. The molecule has 0 saturated heterocycles. The molecule has 0 aliphatic heterocycles. The van der Waals surface area contributed by atoms with Gasteiger partial charge in [-0.2, -0.15) is 5.26 Å². The summed E-state index contributed by atoms with van der Waals surface area (Å²) in [5, 5.41) is 18.9. The van der Waals surface area contributed by atoms with Crippen LogP contribution in [0.3, 0.4) is 0 Å². The fourth-order valence-electron chi connectivity index (χ4n) is 3.06. The number of hydrogen-bond acceptors (Lipinski definition) is 8. The van der Waals surface area contributed by atoms with Crippen LogP contribution in [0.1, 0.15) is 24.5 Å². The maximum Gasteiger partial charge on any atom is 0.238 e. The van der Waals surface area contributed by atoms with Crippen molar-refractivity contribution in [3.8, 4) is 23.1 Å². The molecule has 1 heterocycles. The van der Waals surface area contributed by atoms with E-state index in [1.54, 1.807) is 19.2 Å². The Kier molecular flexibility index (Phi) is 8.27. The lowest BCUT2D eigenvalue weighted by Gasteiger charge is -2.13. The van der Waals surface area contributed by atoms with Crippen LogP contribution in [0.25, 0.3) is 11.3 Å². The molecule has 3 rings (SSSR count). The third-order valence-corrected chi connectivity index (χ3v) is 6.74. The SMILES string of the molecule is CCCSc1nc(NCCc2ccc(S(N)(=O)=O)cc2)c(C#N)c(-c2ccc(OC)cc2)n1. The Balaban J connectivity index is 1.85. The van der Waals surface area contributed by atoms with E-state index in [0.717, 1.165) is 29.1 Å². The summed E-state index contributed by atoms with van der Waals surface area (Å²) in [6.07, 6.45) is 1.58. The van der Waals surface area contributed by atoms with Gasteiger partial charge in [0.1, 0.15) is 23.2 Å². The van der Waals surface area contributed by atoms with E-state index in [0.29, 0.717) is 35.2 Å². The first-order valence-corrected chi connectivity index (χ1v) is 12.8. The number of nitrogens with zero attached hydrogens (tertiary/aromatic N) is 3. The monoisotopic (exact) mass is 483 g/mol. The van der Waals surface area contributed by atoms with Gasteiger partial charge in [-0.05, 0) is 54.8 Å². The molecule has 10 heteroatoms. The van der Waals surface area contributed by atoms with Crippen LogP contribution >= 0.6 is 11.8 Å². The van der Waals surface area contributed by atoms with Crippen molar-refractivity contribution >= 4 is 27.6 Å². The number of anilines is 1. The predicted molar refractivity (Wildman–Crippen MR) is 130 cm³/mol. The Bertz CT molecular complexity index is 1240. The fraction of sp³-hybridized carbons (Fsp3) is 0.261. The topological polar surface area (TPSA) is 131 Å². The number of primary sulfonamides is 1. The summed E-state index contributed by atoms with van der Waals surface area (Å²) in [6, 6.07) is 16.0. The van der Waals surface area contributed by atoms with Crippen LogP contribution in [0.4, 0.5) is 5.82 Å². The quantitative estimate of drug-likeness (QED) is 0.329. The summed E-state index contributed by atoms with van der Waals surface area (Å²) in [7, 11) is -2.12. The molecule has 0 amide bonds. The third kappa shape index (κ3) is 6.44. The van der Waals surface area contributed by atoms with Gasteiger partial charge in [0.15, 0.2) is 5.16 Å². The molecule has 8 nitrogen and oxygen atoms in total. The second-order valence-corrected chi connectivity index (χ2v) is 9.76. The first-order valence-electron chi connectivity index (χ1n) is 10.3. The van der Waals surface area contributed by atoms with Crippen molar-refractivity contribution in [1.82, 2.24) is 9.97 Å². The van der Waals surface area contributed by atoms with Crippen LogP contribution in [0.15, 0.2) is 58.6 Å². The number of methoxy groups -OCH3 is 1. The molecule has 3 N–H and O–H groups in total. The third-order valence-electron chi connectivity index (χ3n) is 4.76. The van der Waals surface area contributed by atoms with Gasteiger partial charge in [-0.15, -0.1) is 0 Å². The molecule has 172 valence electrons. The van der Waals surface area contributed by atoms with Crippen LogP contribution in [0.5, 0.6) is 5.75 Å². The summed E-state index contributed by atoms with van der Waals surface area (Å²) < 4.78 is 28.1. The van der Waals surface area contributed by atoms with E-state index in [1.807, 2.05) is 24.3 Å². The van der Waals surface area contributed by atoms with Crippen molar-refractivity contribution in [3.05, 3.63) is 59.7 Å². The Hall–Kier alpha value is -3.13. The highest BCUT2D eigenvalue weighted by Crippen LogP contribution is 2.30. The molecule has 0 fully saturated rings. The van der Waals surface area contributed by atoms with Crippen LogP contribution < -0.4 is 15.2 Å². The Morgan fingerprint density at radius 3 is 2.39 bits per heavy atom. The number of ether oxygens (including phenoxy) is 1. The summed E-state index contributed by atoms with van der Waals surface area (Å²) in [5.41, 5.74) is 2.66. The number of nitrogens with two attached hydrogens (primary N) is 1. The van der Waals surface area contributed by atoms with Crippen LogP contribution in [0.2, 0.25) is 0 Å². The molecule has 0 atom stereocenters. The largest absolute Gasteiger partial charge is 0.497 e. The lowest BCUT2D eigenvalue weighted by Crippen LogP contribution is -2.12. The molecule has 0 unspecified atom stereocenters. The van der Waals surface area contributed by atoms with Gasteiger partial charge < -0.3 is 10.1 Å². The Morgan fingerprint density at radius 2 is 1.82 bits per heavy atom. The van der Waals surface area contributed by atoms with E-state index in [2.05, 4.69) is 28.3 Å². The minimum absolute atomic E-state index is 0.0727. The fourth-order valence-corrected chi connectivity index (χ4v) is 4.27. The average molecular weight is 484 g/mol.